The first kappa shape index (κ1) is 27.8. The third kappa shape index (κ3) is 5.91. The molecule has 0 spiro atoms. The molecular weight excluding hydrogens is 390 g/mol. The standard InChI is InChI=1S/C22H48O4P2/c1-9-17-19-27(11-3,12-4,13-5)25-21(23)22(24)26-28(14-6,15-7,16-8)20-18-10-2/h9-20H2,1-8H3. The van der Waals surface area contributed by atoms with E-state index in [9.17, 15) is 9.59 Å². The molecule has 0 aliphatic carbocycles. The van der Waals surface area contributed by atoms with Crippen LogP contribution >= 0.6 is 13.7 Å². The maximum absolute atomic E-state index is 13.0. The van der Waals surface area contributed by atoms with Gasteiger partial charge in [0.15, 0.2) is 0 Å². The molecule has 0 atom stereocenters. The molecule has 0 N–H and O–H groups in total. The fraction of sp³-hybridized carbons (Fsp3) is 0.909. The minimum absolute atomic E-state index is 0.736. The van der Waals surface area contributed by atoms with Crippen LogP contribution in [-0.4, -0.2) is 61.2 Å². The Hall–Kier alpha value is -0.200. The van der Waals surface area contributed by atoms with Crippen LogP contribution in [-0.2, 0) is 18.6 Å². The normalized spacial score (nSPS) is 15.1. The predicted octanol–water partition coefficient (Wildman–Crippen LogP) is 6.73. The molecule has 0 aromatic rings. The van der Waals surface area contributed by atoms with Crippen LogP contribution in [0.5, 0.6) is 0 Å². The van der Waals surface area contributed by atoms with E-state index < -0.39 is 25.6 Å². The van der Waals surface area contributed by atoms with Gasteiger partial charge in [0.2, 0.25) is 0 Å². The van der Waals surface area contributed by atoms with Gasteiger partial charge in [-0.15, -0.1) is 0 Å². The Balaban J connectivity index is 5.75. The molecule has 0 unspecified atom stereocenters. The molecule has 0 heterocycles. The molecule has 28 heavy (non-hydrogen) atoms. The van der Waals surface area contributed by atoms with Crippen LogP contribution in [0.3, 0.4) is 0 Å². The van der Waals surface area contributed by atoms with Crippen LogP contribution in [0.15, 0.2) is 0 Å². The second kappa shape index (κ2) is 11.3. The Morgan fingerprint density at radius 1 is 0.536 bits per heavy atom. The molecule has 0 aromatic heterocycles. The Morgan fingerprint density at radius 3 is 0.964 bits per heavy atom. The maximum atomic E-state index is 13.0. The summed E-state index contributed by atoms with van der Waals surface area (Å²) in [7, 11) is 0. The summed E-state index contributed by atoms with van der Waals surface area (Å²) in [6.45, 7) is 11.6. The Bertz CT molecular complexity index is 443. The van der Waals surface area contributed by atoms with E-state index in [0.29, 0.717) is 0 Å². The monoisotopic (exact) mass is 438 g/mol. The average molecular weight is 439 g/mol. The van der Waals surface area contributed by atoms with Gasteiger partial charge < -0.3 is 0 Å². The van der Waals surface area contributed by atoms with Gasteiger partial charge in [-0.05, 0) is 0 Å². The number of hydrogen-bond donors (Lipinski definition) is 0. The van der Waals surface area contributed by atoms with E-state index in [1.807, 2.05) is 0 Å². The van der Waals surface area contributed by atoms with E-state index in [2.05, 4.69) is 55.4 Å². The summed E-state index contributed by atoms with van der Waals surface area (Å²) in [5.74, 6) is -1.47. The van der Waals surface area contributed by atoms with Gasteiger partial charge in [-0.25, -0.2) is 0 Å². The average Bonchev–Trinajstić information content (AvgIpc) is 2.75. The van der Waals surface area contributed by atoms with E-state index in [0.717, 1.165) is 75.0 Å². The predicted molar refractivity (Wildman–Crippen MR) is 129 cm³/mol. The van der Waals surface area contributed by atoms with Crippen LogP contribution in [0.1, 0.15) is 81.1 Å². The van der Waals surface area contributed by atoms with Gasteiger partial charge >= 0.3 is 175 Å². The van der Waals surface area contributed by atoms with Crippen LogP contribution in [0, 0.1) is 0 Å². The summed E-state index contributed by atoms with van der Waals surface area (Å²) < 4.78 is 12.4. The second-order valence-electron chi connectivity index (χ2n) is 8.53. The fourth-order valence-corrected chi connectivity index (χ4v) is 13.3. The molecule has 0 bridgehead atoms. The summed E-state index contributed by atoms with van der Waals surface area (Å²) in [4.78, 5) is 26.0. The number of hydrogen-bond acceptors (Lipinski definition) is 4. The number of carbonyl (C=O) groups excluding carboxylic acids is 2. The van der Waals surface area contributed by atoms with Crippen molar-refractivity contribution < 1.29 is 18.6 Å². The van der Waals surface area contributed by atoms with Crippen molar-refractivity contribution in [2.75, 3.05) is 49.3 Å². The van der Waals surface area contributed by atoms with E-state index in [-0.39, 0.29) is 0 Å². The molecule has 0 aliphatic heterocycles. The minimum atomic E-state index is -2.69. The Morgan fingerprint density at radius 2 is 0.786 bits per heavy atom. The summed E-state index contributed by atoms with van der Waals surface area (Å²) in [6, 6.07) is 0. The molecule has 0 rings (SSSR count). The fourth-order valence-electron chi connectivity index (χ4n) is 4.43. The Kier molecular flexibility index (Phi) is 11.2. The van der Waals surface area contributed by atoms with Gasteiger partial charge in [0.1, 0.15) is 0 Å². The van der Waals surface area contributed by atoms with Crippen LogP contribution < -0.4 is 0 Å². The summed E-state index contributed by atoms with van der Waals surface area (Å²) >= 11 is 0. The first-order chi connectivity index (χ1) is 13.1. The SMILES string of the molecule is CCCCP(CC)(CC)(CC)OC(=O)C(=O)OP(CC)(CC)(CC)CCCC. The molecule has 6 heteroatoms. The molecule has 4 nitrogen and oxygen atoms in total. The summed E-state index contributed by atoms with van der Waals surface area (Å²) in [5.41, 5.74) is 0. The second-order valence-corrected chi connectivity index (χ2v) is 21.0. The molecule has 0 saturated heterocycles. The zero-order valence-electron chi connectivity index (χ0n) is 20.0. The molecule has 0 aliphatic rings. The van der Waals surface area contributed by atoms with Crippen LogP contribution in [0.2, 0.25) is 0 Å². The van der Waals surface area contributed by atoms with Crippen molar-refractivity contribution in [1.29, 1.82) is 0 Å². The van der Waals surface area contributed by atoms with Gasteiger partial charge in [-0.2, -0.15) is 0 Å². The van der Waals surface area contributed by atoms with Gasteiger partial charge in [-0.3, -0.25) is 0 Å². The quantitative estimate of drug-likeness (QED) is 0.223. The third-order valence-electron chi connectivity index (χ3n) is 7.80. The van der Waals surface area contributed by atoms with Gasteiger partial charge in [-0.1, -0.05) is 0 Å². The van der Waals surface area contributed by atoms with Crippen molar-refractivity contribution in [2.45, 2.75) is 81.1 Å². The zero-order chi connectivity index (χ0) is 21.9. The van der Waals surface area contributed by atoms with Gasteiger partial charge in [0.25, 0.3) is 0 Å². The van der Waals surface area contributed by atoms with Gasteiger partial charge in [0.05, 0.1) is 0 Å². The molecule has 170 valence electrons. The van der Waals surface area contributed by atoms with Crippen LogP contribution in [0.4, 0.5) is 0 Å². The zero-order valence-corrected chi connectivity index (χ0v) is 21.8. The van der Waals surface area contributed by atoms with Crippen molar-refractivity contribution in [2.24, 2.45) is 0 Å². The topological polar surface area (TPSA) is 52.6 Å². The van der Waals surface area contributed by atoms with E-state index >= 15 is 0 Å². The number of carbonyl (C=O) groups is 2. The molecule has 0 radical (unpaired) electrons. The summed E-state index contributed by atoms with van der Waals surface area (Å²) in [5, 5.41) is 0. The summed E-state index contributed by atoms with van der Waals surface area (Å²) in [6.07, 6.45) is 11.1. The Labute approximate surface area is 174 Å². The van der Waals surface area contributed by atoms with Crippen molar-refractivity contribution in [3.63, 3.8) is 0 Å². The van der Waals surface area contributed by atoms with E-state index in [1.54, 1.807) is 0 Å². The molecule has 0 saturated carbocycles. The molecule has 0 fully saturated rings. The van der Waals surface area contributed by atoms with E-state index in [1.165, 1.54) is 0 Å². The van der Waals surface area contributed by atoms with Crippen molar-refractivity contribution in [1.82, 2.24) is 0 Å². The molecular formula is C22H48O4P2. The van der Waals surface area contributed by atoms with Crippen molar-refractivity contribution >= 4 is 25.6 Å². The van der Waals surface area contributed by atoms with Gasteiger partial charge in [0, 0.05) is 0 Å². The first-order valence-corrected chi connectivity index (χ1v) is 17.4. The van der Waals surface area contributed by atoms with Crippen molar-refractivity contribution in [3.05, 3.63) is 0 Å². The number of rotatable bonds is 14. The molecule has 0 aromatic carbocycles. The molecule has 0 amide bonds. The third-order valence-corrected chi connectivity index (χ3v) is 21.7. The number of unbranched alkanes of at least 4 members (excludes halogenated alkanes) is 2. The van der Waals surface area contributed by atoms with E-state index in [4.69, 9.17) is 9.05 Å². The first-order valence-electron chi connectivity index (χ1n) is 11.6. The van der Waals surface area contributed by atoms with Crippen molar-refractivity contribution in [3.8, 4) is 0 Å². The van der Waals surface area contributed by atoms with Crippen LogP contribution in [0.25, 0.3) is 0 Å².